The first-order valence-corrected chi connectivity index (χ1v) is 7.26. The zero-order valence-corrected chi connectivity index (χ0v) is 13.3. The quantitative estimate of drug-likeness (QED) is 0.877. The third kappa shape index (κ3) is 4.40. The molecule has 0 saturated heterocycles. The molecule has 1 N–H and O–H groups in total. The number of carbonyl (C=O) groups excluding carboxylic acids is 1. The summed E-state index contributed by atoms with van der Waals surface area (Å²) in [6, 6.07) is 12.7. The number of hydrogen-bond acceptors (Lipinski definition) is 3. The Morgan fingerprint density at radius 1 is 1.09 bits per heavy atom. The second-order valence-electron chi connectivity index (χ2n) is 4.74. The van der Waals surface area contributed by atoms with Gasteiger partial charge in [0.15, 0.2) is 0 Å². The van der Waals surface area contributed by atoms with Crippen LogP contribution in [0.1, 0.15) is 12.0 Å². The number of aryl methyl sites for hydroxylation is 1. The normalized spacial score (nSPS) is 10.1. The topological polar surface area (TPSA) is 47.6 Å². The van der Waals surface area contributed by atoms with E-state index in [4.69, 9.17) is 21.1 Å². The van der Waals surface area contributed by atoms with Gasteiger partial charge in [-0.1, -0.05) is 23.7 Å². The molecule has 0 heterocycles. The van der Waals surface area contributed by atoms with Crippen molar-refractivity contribution in [3.05, 3.63) is 53.1 Å². The van der Waals surface area contributed by atoms with Crippen molar-refractivity contribution in [1.29, 1.82) is 0 Å². The molecule has 2 rings (SSSR count). The Bertz CT molecular complexity index is 641. The predicted molar refractivity (Wildman–Crippen MR) is 87.9 cm³/mol. The van der Waals surface area contributed by atoms with Gasteiger partial charge in [0, 0.05) is 17.5 Å². The van der Waals surface area contributed by atoms with Crippen LogP contribution in [0.25, 0.3) is 0 Å². The molecule has 2 aromatic carbocycles. The zero-order chi connectivity index (χ0) is 15.9. The van der Waals surface area contributed by atoms with Gasteiger partial charge in [-0.3, -0.25) is 4.79 Å². The maximum atomic E-state index is 12.1. The first-order chi connectivity index (χ1) is 10.6. The molecule has 0 aliphatic carbocycles. The van der Waals surface area contributed by atoms with E-state index in [0.717, 1.165) is 5.56 Å². The molecule has 4 nitrogen and oxygen atoms in total. The molecule has 5 heteroatoms. The third-order valence-electron chi connectivity index (χ3n) is 3.23. The number of methoxy groups -OCH3 is 2. The summed E-state index contributed by atoms with van der Waals surface area (Å²) < 4.78 is 10.4. The summed E-state index contributed by atoms with van der Waals surface area (Å²) in [6.07, 6.45) is 1.03. The molecular weight excluding hydrogens is 302 g/mol. The Balaban J connectivity index is 1.98. The summed E-state index contributed by atoms with van der Waals surface area (Å²) in [7, 11) is 3.14. The fourth-order valence-electron chi connectivity index (χ4n) is 2.03. The number of rotatable bonds is 6. The highest BCUT2D eigenvalue weighted by atomic mass is 35.5. The molecule has 0 spiro atoms. The van der Waals surface area contributed by atoms with Gasteiger partial charge in [0.2, 0.25) is 5.91 Å². The number of halogens is 1. The SMILES string of the molecule is COc1ccc(OC)c(NC(=O)CCc2ccc(Cl)cc2)c1. The highest BCUT2D eigenvalue weighted by Crippen LogP contribution is 2.29. The second-order valence-corrected chi connectivity index (χ2v) is 5.18. The van der Waals surface area contributed by atoms with Crippen molar-refractivity contribution in [3.8, 4) is 11.5 Å². The van der Waals surface area contributed by atoms with Gasteiger partial charge in [-0.2, -0.15) is 0 Å². The molecule has 0 atom stereocenters. The van der Waals surface area contributed by atoms with Crippen molar-refractivity contribution in [2.45, 2.75) is 12.8 Å². The number of amides is 1. The van der Waals surface area contributed by atoms with Crippen LogP contribution < -0.4 is 14.8 Å². The minimum absolute atomic E-state index is 0.0819. The van der Waals surface area contributed by atoms with Crippen molar-refractivity contribution in [1.82, 2.24) is 0 Å². The maximum Gasteiger partial charge on any atom is 0.224 e. The highest BCUT2D eigenvalue weighted by molar-refractivity contribution is 6.30. The molecule has 0 fully saturated rings. The van der Waals surface area contributed by atoms with Gasteiger partial charge in [0.25, 0.3) is 0 Å². The van der Waals surface area contributed by atoms with E-state index in [2.05, 4.69) is 5.32 Å². The van der Waals surface area contributed by atoms with E-state index in [0.29, 0.717) is 35.1 Å². The average Bonchev–Trinajstić information content (AvgIpc) is 2.54. The van der Waals surface area contributed by atoms with Crippen LogP contribution in [-0.2, 0) is 11.2 Å². The minimum atomic E-state index is -0.0819. The minimum Gasteiger partial charge on any atom is -0.497 e. The number of hydrogen-bond donors (Lipinski definition) is 1. The van der Waals surface area contributed by atoms with Crippen LogP contribution in [0.15, 0.2) is 42.5 Å². The lowest BCUT2D eigenvalue weighted by Gasteiger charge is -2.11. The number of carbonyl (C=O) groups is 1. The van der Waals surface area contributed by atoms with Gasteiger partial charge >= 0.3 is 0 Å². The smallest absolute Gasteiger partial charge is 0.224 e. The highest BCUT2D eigenvalue weighted by Gasteiger charge is 2.09. The largest absolute Gasteiger partial charge is 0.497 e. The first-order valence-electron chi connectivity index (χ1n) is 6.88. The molecule has 22 heavy (non-hydrogen) atoms. The number of benzene rings is 2. The summed E-state index contributed by atoms with van der Waals surface area (Å²) in [5.41, 5.74) is 1.67. The monoisotopic (exact) mass is 319 g/mol. The molecular formula is C17H18ClNO3. The van der Waals surface area contributed by atoms with E-state index in [1.807, 2.05) is 24.3 Å². The molecule has 116 valence electrons. The summed E-state index contributed by atoms with van der Waals surface area (Å²) in [4.78, 5) is 12.1. The molecule has 1 amide bonds. The van der Waals surface area contributed by atoms with E-state index in [-0.39, 0.29) is 5.91 Å². The van der Waals surface area contributed by atoms with Gasteiger partial charge in [0.1, 0.15) is 11.5 Å². The van der Waals surface area contributed by atoms with Crippen molar-refractivity contribution in [2.75, 3.05) is 19.5 Å². The van der Waals surface area contributed by atoms with Gasteiger partial charge in [-0.15, -0.1) is 0 Å². The van der Waals surface area contributed by atoms with Gasteiger partial charge < -0.3 is 14.8 Å². The number of ether oxygens (including phenoxy) is 2. The van der Waals surface area contributed by atoms with Crippen LogP contribution in [0, 0.1) is 0 Å². The zero-order valence-electron chi connectivity index (χ0n) is 12.6. The number of nitrogens with one attached hydrogen (secondary N) is 1. The third-order valence-corrected chi connectivity index (χ3v) is 3.49. The van der Waals surface area contributed by atoms with Gasteiger partial charge in [-0.05, 0) is 36.2 Å². The van der Waals surface area contributed by atoms with Crippen LogP contribution in [-0.4, -0.2) is 20.1 Å². The Kier molecular flexibility index (Phi) is 5.67. The van der Waals surface area contributed by atoms with E-state index >= 15 is 0 Å². The molecule has 0 unspecified atom stereocenters. The molecule has 0 aliphatic heterocycles. The van der Waals surface area contributed by atoms with Crippen LogP contribution in [0.5, 0.6) is 11.5 Å². The fourth-order valence-corrected chi connectivity index (χ4v) is 2.16. The van der Waals surface area contributed by atoms with Crippen molar-refractivity contribution >= 4 is 23.2 Å². The van der Waals surface area contributed by atoms with Crippen LogP contribution in [0.2, 0.25) is 5.02 Å². The molecule has 0 radical (unpaired) electrons. The van der Waals surface area contributed by atoms with E-state index in [9.17, 15) is 4.79 Å². The van der Waals surface area contributed by atoms with Crippen LogP contribution in [0.3, 0.4) is 0 Å². The summed E-state index contributed by atoms with van der Waals surface area (Å²) in [6.45, 7) is 0. The number of anilines is 1. The molecule has 0 aromatic heterocycles. The Labute approximate surface area is 135 Å². The van der Waals surface area contributed by atoms with E-state index in [1.54, 1.807) is 32.4 Å². The second kappa shape index (κ2) is 7.71. The summed E-state index contributed by atoms with van der Waals surface area (Å²) in [5.74, 6) is 1.18. The van der Waals surface area contributed by atoms with Crippen molar-refractivity contribution < 1.29 is 14.3 Å². The predicted octanol–water partition coefficient (Wildman–Crippen LogP) is 3.93. The lowest BCUT2D eigenvalue weighted by atomic mass is 10.1. The van der Waals surface area contributed by atoms with E-state index < -0.39 is 0 Å². The lowest BCUT2D eigenvalue weighted by Crippen LogP contribution is -2.13. The Hall–Kier alpha value is -2.20. The molecule has 2 aromatic rings. The maximum absolute atomic E-state index is 12.1. The summed E-state index contributed by atoms with van der Waals surface area (Å²) in [5, 5.41) is 3.54. The standard InChI is InChI=1S/C17H18ClNO3/c1-21-14-8-9-16(22-2)15(11-14)19-17(20)10-5-12-3-6-13(18)7-4-12/h3-4,6-9,11H,5,10H2,1-2H3,(H,19,20). The van der Waals surface area contributed by atoms with Crippen LogP contribution >= 0.6 is 11.6 Å². The average molecular weight is 320 g/mol. The van der Waals surface area contributed by atoms with Gasteiger partial charge in [0.05, 0.1) is 19.9 Å². The van der Waals surface area contributed by atoms with Gasteiger partial charge in [-0.25, -0.2) is 0 Å². The molecule has 0 saturated carbocycles. The Morgan fingerprint density at radius 3 is 2.45 bits per heavy atom. The first kappa shape index (κ1) is 16.2. The van der Waals surface area contributed by atoms with E-state index in [1.165, 1.54) is 0 Å². The molecule has 0 aliphatic rings. The van der Waals surface area contributed by atoms with Crippen molar-refractivity contribution in [2.24, 2.45) is 0 Å². The Morgan fingerprint density at radius 2 is 1.82 bits per heavy atom. The summed E-state index contributed by atoms with van der Waals surface area (Å²) >= 11 is 5.84. The fraction of sp³-hybridized carbons (Fsp3) is 0.235. The lowest BCUT2D eigenvalue weighted by molar-refractivity contribution is -0.116. The van der Waals surface area contributed by atoms with Crippen LogP contribution in [0.4, 0.5) is 5.69 Å². The van der Waals surface area contributed by atoms with Crippen molar-refractivity contribution in [3.63, 3.8) is 0 Å². The molecule has 0 bridgehead atoms.